The second-order valence-electron chi connectivity index (χ2n) is 7.88. The van der Waals surface area contributed by atoms with E-state index in [1.165, 1.54) is 24.8 Å². The number of aryl methyl sites for hydroxylation is 1. The molecule has 2 aliphatic heterocycles. The van der Waals surface area contributed by atoms with Gasteiger partial charge in [0.05, 0.1) is 0 Å². The number of hydrogen-bond acceptors (Lipinski definition) is 3. The molecule has 1 aromatic carbocycles. The van der Waals surface area contributed by atoms with Crippen LogP contribution in [0.1, 0.15) is 56.2 Å². The number of aliphatic imine (C=N–C) groups is 1. The highest BCUT2D eigenvalue weighted by Crippen LogP contribution is 2.34. The van der Waals surface area contributed by atoms with Crippen LogP contribution in [0.3, 0.4) is 0 Å². The highest BCUT2D eigenvalue weighted by molar-refractivity contribution is 5.80. The molecule has 1 saturated heterocycles. The smallest absolute Gasteiger partial charge is 0.194 e. The zero-order valence-corrected chi connectivity index (χ0v) is 17.1. The van der Waals surface area contributed by atoms with Crippen LogP contribution < -0.4 is 5.32 Å². The van der Waals surface area contributed by atoms with Crippen molar-refractivity contribution in [2.75, 3.05) is 19.6 Å². The Morgan fingerprint density at radius 2 is 2.04 bits per heavy atom. The van der Waals surface area contributed by atoms with Crippen molar-refractivity contribution in [2.45, 2.75) is 58.5 Å². The summed E-state index contributed by atoms with van der Waals surface area (Å²) in [4.78, 5) is 7.37. The Bertz CT molecular complexity index is 797. The Kier molecular flexibility index (Phi) is 5.93. The van der Waals surface area contributed by atoms with E-state index in [1.54, 1.807) is 0 Å². The molecule has 6 heteroatoms. The van der Waals surface area contributed by atoms with E-state index in [-0.39, 0.29) is 0 Å². The lowest BCUT2D eigenvalue weighted by Crippen LogP contribution is -2.48. The number of hydrogen-bond donors (Lipinski definition) is 1. The van der Waals surface area contributed by atoms with Gasteiger partial charge in [0.25, 0.3) is 0 Å². The van der Waals surface area contributed by atoms with Crippen molar-refractivity contribution in [1.82, 2.24) is 25.0 Å². The summed E-state index contributed by atoms with van der Waals surface area (Å²) in [6.07, 6.45) is 4.58. The molecule has 0 bridgehead atoms. The van der Waals surface area contributed by atoms with E-state index in [0.717, 1.165) is 50.2 Å². The number of nitrogens with one attached hydrogen (secondary N) is 1. The van der Waals surface area contributed by atoms with E-state index in [9.17, 15) is 0 Å². The van der Waals surface area contributed by atoms with Gasteiger partial charge in [-0.15, -0.1) is 10.2 Å². The molecule has 0 aliphatic carbocycles. The molecule has 1 fully saturated rings. The second-order valence-corrected chi connectivity index (χ2v) is 7.88. The molecular formula is C22H32N6. The largest absolute Gasteiger partial charge is 0.357 e. The number of fused-ring (bicyclic) bond motifs is 1. The summed E-state index contributed by atoms with van der Waals surface area (Å²) in [5.41, 5.74) is 1.48. The van der Waals surface area contributed by atoms with Crippen molar-refractivity contribution in [1.29, 1.82) is 0 Å². The van der Waals surface area contributed by atoms with E-state index < -0.39 is 0 Å². The van der Waals surface area contributed by atoms with E-state index in [0.29, 0.717) is 18.4 Å². The number of guanidine groups is 1. The van der Waals surface area contributed by atoms with Gasteiger partial charge in [-0.05, 0) is 37.2 Å². The van der Waals surface area contributed by atoms with E-state index in [1.807, 2.05) is 0 Å². The number of likely N-dealkylation sites (tertiary alicyclic amines) is 1. The molecule has 28 heavy (non-hydrogen) atoms. The minimum Gasteiger partial charge on any atom is -0.357 e. The first-order valence-electron chi connectivity index (χ1n) is 10.8. The Morgan fingerprint density at radius 3 is 2.82 bits per heavy atom. The molecule has 0 radical (unpaired) electrons. The normalized spacial score (nSPS) is 22.4. The first kappa shape index (κ1) is 19.0. The maximum Gasteiger partial charge on any atom is 0.194 e. The monoisotopic (exact) mass is 380 g/mol. The summed E-state index contributed by atoms with van der Waals surface area (Å²) < 4.78 is 2.24. The zero-order valence-electron chi connectivity index (χ0n) is 17.1. The number of benzene rings is 1. The van der Waals surface area contributed by atoms with Crippen LogP contribution in [0.2, 0.25) is 0 Å². The zero-order chi connectivity index (χ0) is 19.3. The molecular weight excluding hydrogens is 348 g/mol. The van der Waals surface area contributed by atoms with Gasteiger partial charge in [-0.25, -0.2) is 4.99 Å². The second kappa shape index (κ2) is 8.76. The quantitative estimate of drug-likeness (QED) is 0.639. The van der Waals surface area contributed by atoms with E-state index >= 15 is 0 Å². The van der Waals surface area contributed by atoms with Gasteiger partial charge in [0, 0.05) is 32.6 Å². The maximum atomic E-state index is 4.93. The molecule has 2 atom stereocenters. The summed E-state index contributed by atoms with van der Waals surface area (Å²) in [5, 5.41) is 12.2. The molecule has 2 aromatic rings. The molecule has 3 heterocycles. The molecule has 0 spiro atoms. The minimum atomic E-state index is 0.602. The van der Waals surface area contributed by atoms with Crippen molar-refractivity contribution in [3.8, 4) is 0 Å². The average molecular weight is 381 g/mol. The maximum absolute atomic E-state index is 4.93. The summed E-state index contributed by atoms with van der Waals surface area (Å²) in [6, 6.07) is 11.0. The van der Waals surface area contributed by atoms with Gasteiger partial charge >= 0.3 is 0 Å². The lowest BCUT2D eigenvalue weighted by atomic mass is 9.79. The third kappa shape index (κ3) is 3.91. The van der Waals surface area contributed by atoms with Gasteiger partial charge in [0.1, 0.15) is 12.4 Å². The van der Waals surface area contributed by atoms with Gasteiger partial charge in [0.15, 0.2) is 11.8 Å². The molecule has 2 unspecified atom stereocenters. The van der Waals surface area contributed by atoms with Crippen molar-refractivity contribution in [3.05, 3.63) is 47.5 Å². The highest BCUT2D eigenvalue weighted by atomic mass is 15.3. The van der Waals surface area contributed by atoms with Crippen LogP contribution in [0.4, 0.5) is 0 Å². The fourth-order valence-electron chi connectivity index (χ4n) is 4.68. The van der Waals surface area contributed by atoms with E-state index in [2.05, 4.69) is 69.2 Å². The molecule has 4 rings (SSSR count). The van der Waals surface area contributed by atoms with Crippen LogP contribution in [0.15, 0.2) is 35.3 Å². The lowest BCUT2D eigenvalue weighted by molar-refractivity contribution is 0.215. The predicted octanol–water partition coefficient (Wildman–Crippen LogP) is 3.21. The Labute approximate surface area is 168 Å². The number of nitrogens with zero attached hydrogens (tertiary/aromatic N) is 5. The van der Waals surface area contributed by atoms with Crippen LogP contribution >= 0.6 is 0 Å². The molecule has 6 nitrogen and oxygen atoms in total. The van der Waals surface area contributed by atoms with Crippen LogP contribution in [0, 0.1) is 5.92 Å². The Balaban J connectivity index is 1.47. The van der Waals surface area contributed by atoms with Crippen LogP contribution in [0.25, 0.3) is 0 Å². The molecule has 150 valence electrons. The van der Waals surface area contributed by atoms with Crippen LogP contribution in [0.5, 0.6) is 0 Å². The summed E-state index contributed by atoms with van der Waals surface area (Å²) in [5.74, 6) is 4.42. The predicted molar refractivity (Wildman–Crippen MR) is 112 cm³/mol. The van der Waals surface area contributed by atoms with Crippen molar-refractivity contribution >= 4 is 5.96 Å². The number of piperidine rings is 1. The SMILES string of the molecule is CCNC(=NCc1nnc2n1CCC2)N1CCC(c2ccccc2)C(CC)C1. The first-order valence-corrected chi connectivity index (χ1v) is 10.8. The molecule has 1 aromatic heterocycles. The molecule has 1 N–H and O–H groups in total. The fourth-order valence-corrected chi connectivity index (χ4v) is 4.68. The standard InChI is InChI=1S/C22H32N6/c1-3-17-16-27(14-12-19(17)18-9-6-5-7-10-18)22(23-4-2)24-15-21-26-25-20-11-8-13-28(20)21/h5-7,9-10,17,19H,3-4,8,11-16H2,1-2H3,(H,23,24). The van der Waals surface area contributed by atoms with Crippen LogP contribution in [-0.2, 0) is 19.5 Å². The van der Waals surface area contributed by atoms with Gasteiger partial charge < -0.3 is 14.8 Å². The van der Waals surface area contributed by atoms with Gasteiger partial charge in [-0.1, -0.05) is 43.7 Å². The average Bonchev–Trinajstić information content (AvgIpc) is 3.36. The lowest BCUT2D eigenvalue weighted by Gasteiger charge is -2.40. The van der Waals surface area contributed by atoms with Crippen molar-refractivity contribution < 1.29 is 0 Å². The van der Waals surface area contributed by atoms with Gasteiger partial charge in [-0.3, -0.25) is 0 Å². The summed E-state index contributed by atoms with van der Waals surface area (Å²) >= 11 is 0. The van der Waals surface area contributed by atoms with E-state index in [4.69, 9.17) is 4.99 Å². The van der Waals surface area contributed by atoms with Gasteiger partial charge in [-0.2, -0.15) is 0 Å². The Morgan fingerprint density at radius 1 is 1.18 bits per heavy atom. The van der Waals surface area contributed by atoms with Crippen molar-refractivity contribution in [3.63, 3.8) is 0 Å². The van der Waals surface area contributed by atoms with Gasteiger partial charge in [0.2, 0.25) is 0 Å². The topological polar surface area (TPSA) is 58.3 Å². The fraction of sp³-hybridized carbons (Fsp3) is 0.591. The minimum absolute atomic E-state index is 0.602. The molecule has 2 aliphatic rings. The number of aromatic nitrogens is 3. The third-order valence-corrected chi connectivity index (χ3v) is 6.18. The third-order valence-electron chi connectivity index (χ3n) is 6.18. The molecule has 0 amide bonds. The van der Waals surface area contributed by atoms with Crippen LogP contribution in [-0.4, -0.2) is 45.3 Å². The number of rotatable bonds is 5. The summed E-state index contributed by atoms with van der Waals surface area (Å²) in [7, 11) is 0. The first-order chi connectivity index (χ1) is 13.8. The molecule has 0 saturated carbocycles. The summed E-state index contributed by atoms with van der Waals surface area (Å²) in [6.45, 7) is 9.06. The highest BCUT2D eigenvalue weighted by Gasteiger charge is 2.30. The Hall–Kier alpha value is -2.37. The van der Waals surface area contributed by atoms with Crippen molar-refractivity contribution in [2.24, 2.45) is 10.9 Å².